The van der Waals surface area contributed by atoms with Gasteiger partial charge in [0.25, 0.3) is 0 Å². The van der Waals surface area contributed by atoms with E-state index in [2.05, 4.69) is 18.8 Å². The second-order valence-electron chi connectivity index (χ2n) is 8.85. The minimum absolute atomic E-state index is 0.192. The lowest BCUT2D eigenvalue weighted by Crippen LogP contribution is -2.09. The number of carbonyl (C=O) groups excluding carboxylic acids is 1. The molecule has 1 aromatic heterocycles. The van der Waals surface area contributed by atoms with E-state index in [1.807, 2.05) is 6.07 Å². The molecule has 0 bridgehead atoms. The summed E-state index contributed by atoms with van der Waals surface area (Å²) < 4.78 is 47.1. The molecule has 0 unspecified atom stereocenters. The van der Waals surface area contributed by atoms with Gasteiger partial charge >= 0.3 is 6.18 Å². The monoisotopic (exact) mass is 477 g/mol. The largest absolute Gasteiger partial charge is 0.494 e. The van der Waals surface area contributed by atoms with Gasteiger partial charge in [-0.15, -0.1) is 0 Å². The van der Waals surface area contributed by atoms with Crippen LogP contribution >= 0.6 is 0 Å². The molecule has 0 saturated carbocycles. The predicted molar refractivity (Wildman–Crippen MR) is 132 cm³/mol. The van der Waals surface area contributed by atoms with Crippen molar-refractivity contribution in [2.24, 2.45) is 5.92 Å². The third-order valence-electron chi connectivity index (χ3n) is 5.80. The highest BCUT2D eigenvalue weighted by Gasteiger charge is 2.34. The number of ether oxygens (including phenoxy) is 1. The van der Waals surface area contributed by atoms with Crippen LogP contribution in [0.5, 0.6) is 5.75 Å². The van der Waals surface area contributed by atoms with Crippen LogP contribution in [0.1, 0.15) is 48.2 Å². The molecule has 0 aliphatic carbocycles. The first-order chi connectivity index (χ1) is 16.8. The van der Waals surface area contributed by atoms with E-state index < -0.39 is 11.7 Å². The van der Waals surface area contributed by atoms with Gasteiger partial charge in [0.1, 0.15) is 5.75 Å². The van der Waals surface area contributed by atoms with Crippen LogP contribution in [-0.4, -0.2) is 17.4 Å². The van der Waals surface area contributed by atoms with E-state index in [0.717, 1.165) is 18.9 Å². The molecule has 4 rings (SSSR count). The van der Waals surface area contributed by atoms with Crippen molar-refractivity contribution in [2.45, 2.75) is 32.9 Å². The van der Waals surface area contributed by atoms with Gasteiger partial charge in [0.05, 0.1) is 17.7 Å². The number of hydrogen-bond acceptors (Lipinski definition) is 3. The summed E-state index contributed by atoms with van der Waals surface area (Å²) in [4.78, 5) is 17.5. The summed E-state index contributed by atoms with van der Waals surface area (Å²) in [6.07, 6.45) is -1.40. The van der Waals surface area contributed by atoms with Gasteiger partial charge < -0.3 is 4.74 Å². The maximum absolute atomic E-state index is 13.7. The number of aromatic nitrogens is 1. The van der Waals surface area contributed by atoms with Crippen LogP contribution in [0.15, 0.2) is 79.0 Å². The van der Waals surface area contributed by atoms with E-state index in [-0.39, 0.29) is 22.2 Å². The summed E-state index contributed by atoms with van der Waals surface area (Å²) >= 11 is 0. The molecule has 4 aromatic rings. The van der Waals surface area contributed by atoms with Crippen molar-refractivity contribution in [1.82, 2.24) is 4.98 Å². The Morgan fingerprint density at radius 1 is 0.971 bits per heavy atom. The number of pyridine rings is 1. The average Bonchev–Trinajstić information content (AvgIpc) is 2.85. The number of rotatable bonds is 8. The Morgan fingerprint density at radius 2 is 1.71 bits per heavy atom. The lowest BCUT2D eigenvalue weighted by atomic mass is 9.91. The van der Waals surface area contributed by atoms with Crippen LogP contribution in [0.25, 0.3) is 22.0 Å². The van der Waals surface area contributed by atoms with Crippen LogP contribution in [0, 0.1) is 5.92 Å². The minimum atomic E-state index is -4.57. The van der Waals surface area contributed by atoms with Crippen LogP contribution in [-0.2, 0) is 6.18 Å². The molecule has 1 heterocycles. The molecule has 0 radical (unpaired) electrons. The molecule has 0 amide bonds. The Labute approximate surface area is 202 Å². The van der Waals surface area contributed by atoms with Gasteiger partial charge in [-0.3, -0.25) is 9.78 Å². The Hall–Kier alpha value is -3.67. The average molecular weight is 478 g/mol. The number of nitrogens with zero attached hydrogens (tertiary/aromatic N) is 1. The Balaban J connectivity index is 1.86. The number of carbonyl (C=O) groups is 1. The first-order valence-corrected chi connectivity index (χ1v) is 11.6. The molecule has 0 aliphatic rings. The van der Waals surface area contributed by atoms with E-state index in [0.29, 0.717) is 35.0 Å². The summed E-state index contributed by atoms with van der Waals surface area (Å²) in [5.74, 6) is 0.861. The van der Waals surface area contributed by atoms with Crippen molar-refractivity contribution < 1.29 is 22.7 Å². The normalized spacial score (nSPS) is 11.7. The Bertz CT molecular complexity index is 1330. The Morgan fingerprint density at radius 3 is 2.43 bits per heavy atom. The molecule has 0 saturated heterocycles. The van der Waals surface area contributed by atoms with E-state index in [4.69, 9.17) is 4.74 Å². The summed E-state index contributed by atoms with van der Waals surface area (Å²) in [6, 6.07) is 19.7. The zero-order valence-corrected chi connectivity index (χ0v) is 19.6. The zero-order chi connectivity index (χ0) is 25.0. The summed E-state index contributed by atoms with van der Waals surface area (Å²) in [5, 5.41) is 0.263. The van der Waals surface area contributed by atoms with Crippen LogP contribution in [0.2, 0.25) is 0 Å². The lowest BCUT2D eigenvalue weighted by Gasteiger charge is -2.16. The van der Waals surface area contributed by atoms with Gasteiger partial charge in [-0.05, 0) is 42.5 Å². The van der Waals surface area contributed by atoms with Gasteiger partial charge in [-0.2, -0.15) is 13.2 Å². The third kappa shape index (κ3) is 5.53. The highest BCUT2D eigenvalue weighted by molar-refractivity contribution is 6.16. The molecule has 3 aromatic carbocycles. The molecule has 180 valence electrons. The molecule has 0 aliphatic heterocycles. The lowest BCUT2D eigenvalue weighted by molar-refractivity contribution is -0.136. The van der Waals surface area contributed by atoms with Crippen molar-refractivity contribution in [1.29, 1.82) is 0 Å². The van der Waals surface area contributed by atoms with E-state index in [1.54, 1.807) is 54.6 Å². The molecular formula is C29H26F3NO2. The molecule has 0 spiro atoms. The number of alkyl halides is 3. The van der Waals surface area contributed by atoms with Crippen molar-refractivity contribution >= 4 is 16.7 Å². The molecular weight excluding hydrogens is 451 g/mol. The first-order valence-electron chi connectivity index (χ1n) is 11.6. The molecule has 0 atom stereocenters. The standard InChI is InChI=1S/C29H26F3NO2/c1-19(2)9-8-16-35-22-13-6-12-21(17-22)26-23-14-7-15-25(29(30,31)32)27(23)33-18-24(26)28(34)20-10-4-3-5-11-20/h3-7,10-15,17-19H,8-9,16H2,1-2H3. The highest BCUT2D eigenvalue weighted by atomic mass is 19.4. The molecule has 0 fully saturated rings. The maximum Gasteiger partial charge on any atom is 0.418 e. The van der Waals surface area contributed by atoms with Crippen molar-refractivity contribution in [3.05, 3.63) is 95.7 Å². The second-order valence-corrected chi connectivity index (χ2v) is 8.85. The summed E-state index contributed by atoms with van der Waals surface area (Å²) in [5.41, 5.74) is 0.641. The molecule has 6 heteroatoms. The smallest absolute Gasteiger partial charge is 0.418 e. The van der Waals surface area contributed by atoms with Gasteiger partial charge in [-0.25, -0.2) is 0 Å². The molecule has 0 N–H and O–H groups in total. The molecule has 35 heavy (non-hydrogen) atoms. The highest BCUT2D eigenvalue weighted by Crippen LogP contribution is 2.39. The zero-order valence-electron chi connectivity index (χ0n) is 19.6. The fraction of sp³-hybridized carbons (Fsp3) is 0.241. The number of fused-ring (bicyclic) bond motifs is 1. The van der Waals surface area contributed by atoms with Gasteiger partial charge in [0, 0.05) is 28.3 Å². The second kappa shape index (κ2) is 10.3. The summed E-state index contributed by atoms with van der Waals surface area (Å²) in [6.45, 7) is 4.83. The number of halogens is 3. The number of benzene rings is 3. The fourth-order valence-electron chi connectivity index (χ4n) is 4.10. The fourth-order valence-corrected chi connectivity index (χ4v) is 4.10. The SMILES string of the molecule is CC(C)CCCOc1cccc(-c2c(C(=O)c3ccccc3)cnc3c(C(F)(F)F)cccc23)c1. The van der Waals surface area contributed by atoms with E-state index in [9.17, 15) is 18.0 Å². The first kappa shape index (κ1) is 24.5. The van der Waals surface area contributed by atoms with Gasteiger partial charge in [0.15, 0.2) is 5.78 Å². The predicted octanol–water partition coefficient (Wildman–Crippen LogP) is 7.97. The van der Waals surface area contributed by atoms with Crippen molar-refractivity contribution in [2.75, 3.05) is 6.61 Å². The van der Waals surface area contributed by atoms with E-state index in [1.165, 1.54) is 12.3 Å². The number of hydrogen-bond donors (Lipinski definition) is 0. The summed E-state index contributed by atoms with van der Waals surface area (Å²) in [7, 11) is 0. The van der Waals surface area contributed by atoms with Crippen LogP contribution < -0.4 is 4.74 Å². The minimum Gasteiger partial charge on any atom is -0.494 e. The number of para-hydroxylation sites is 1. The Kier molecular flexibility index (Phi) is 7.20. The van der Waals surface area contributed by atoms with Crippen LogP contribution in [0.3, 0.4) is 0 Å². The maximum atomic E-state index is 13.7. The third-order valence-corrected chi connectivity index (χ3v) is 5.80. The van der Waals surface area contributed by atoms with Crippen molar-refractivity contribution in [3.63, 3.8) is 0 Å². The van der Waals surface area contributed by atoms with Gasteiger partial charge in [-0.1, -0.05) is 68.4 Å². The quantitative estimate of drug-likeness (QED) is 0.191. The van der Waals surface area contributed by atoms with Gasteiger partial charge in [0.2, 0.25) is 0 Å². The van der Waals surface area contributed by atoms with Crippen molar-refractivity contribution in [3.8, 4) is 16.9 Å². The molecule has 3 nitrogen and oxygen atoms in total. The van der Waals surface area contributed by atoms with Crippen LogP contribution in [0.4, 0.5) is 13.2 Å². The topological polar surface area (TPSA) is 39.2 Å². The van der Waals surface area contributed by atoms with E-state index >= 15 is 0 Å². The number of ketones is 1.